The zero-order chi connectivity index (χ0) is 13.7. The Kier molecular flexibility index (Phi) is 5.23. The van der Waals surface area contributed by atoms with Crippen LogP contribution >= 0.6 is 0 Å². The summed E-state index contributed by atoms with van der Waals surface area (Å²) in [5.41, 5.74) is 5.30. The van der Waals surface area contributed by atoms with Crippen LogP contribution < -0.4 is 5.73 Å². The summed E-state index contributed by atoms with van der Waals surface area (Å²) in [7, 11) is 0. The molecule has 108 valence electrons. The Bertz CT molecular complexity index is 316. The molecule has 0 unspecified atom stereocenters. The van der Waals surface area contributed by atoms with E-state index in [2.05, 4.69) is 0 Å². The number of amides is 2. The number of nitrogens with zero attached hydrogens (tertiary/aromatic N) is 1. The van der Waals surface area contributed by atoms with Gasteiger partial charge in [0.15, 0.2) is 0 Å². The molecule has 0 bridgehead atoms. The summed E-state index contributed by atoms with van der Waals surface area (Å²) in [5, 5.41) is 0. The minimum absolute atomic E-state index is 0.0256. The van der Waals surface area contributed by atoms with Gasteiger partial charge in [-0.25, -0.2) is 0 Å². The summed E-state index contributed by atoms with van der Waals surface area (Å²) in [6.07, 6.45) is 9.86. The van der Waals surface area contributed by atoms with Crippen LogP contribution in [0.2, 0.25) is 0 Å². The standard InChI is InChI=1S/C15H26N2O2/c16-15(19)13-8-10-17(11-9-13)14(18)7-6-12-4-2-1-3-5-12/h12-13H,1-11H2,(H2,16,19). The van der Waals surface area contributed by atoms with Gasteiger partial charge >= 0.3 is 0 Å². The smallest absolute Gasteiger partial charge is 0.222 e. The number of primary amides is 1. The Morgan fingerprint density at radius 1 is 1.00 bits per heavy atom. The predicted octanol–water partition coefficient (Wildman–Crippen LogP) is 2.07. The largest absolute Gasteiger partial charge is 0.369 e. The molecule has 2 fully saturated rings. The Balaban J connectivity index is 1.67. The number of piperidine rings is 1. The summed E-state index contributed by atoms with van der Waals surface area (Å²) >= 11 is 0. The van der Waals surface area contributed by atoms with Crippen LogP contribution in [0.3, 0.4) is 0 Å². The fraction of sp³-hybridized carbons (Fsp3) is 0.867. The predicted molar refractivity (Wildman–Crippen MR) is 74.3 cm³/mol. The van der Waals surface area contributed by atoms with Crippen LogP contribution in [0.4, 0.5) is 0 Å². The molecule has 2 aliphatic rings. The number of carbonyl (C=O) groups is 2. The van der Waals surface area contributed by atoms with Gasteiger partial charge in [0, 0.05) is 25.4 Å². The second kappa shape index (κ2) is 6.92. The Morgan fingerprint density at radius 2 is 1.63 bits per heavy atom. The second-order valence-electron chi connectivity index (χ2n) is 6.10. The van der Waals surface area contributed by atoms with E-state index < -0.39 is 0 Å². The number of rotatable bonds is 4. The lowest BCUT2D eigenvalue weighted by Gasteiger charge is -2.31. The molecule has 1 saturated heterocycles. The van der Waals surface area contributed by atoms with Gasteiger partial charge in [-0.3, -0.25) is 9.59 Å². The zero-order valence-corrected chi connectivity index (χ0v) is 11.8. The van der Waals surface area contributed by atoms with Gasteiger partial charge in [0.1, 0.15) is 0 Å². The maximum absolute atomic E-state index is 12.1. The van der Waals surface area contributed by atoms with Crippen molar-refractivity contribution in [3.8, 4) is 0 Å². The van der Waals surface area contributed by atoms with E-state index in [9.17, 15) is 9.59 Å². The summed E-state index contributed by atoms with van der Waals surface area (Å²) in [4.78, 5) is 25.1. The summed E-state index contributed by atoms with van der Waals surface area (Å²) in [6, 6.07) is 0. The molecular weight excluding hydrogens is 240 g/mol. The summed E-state index contributed by atoms with van der Waals surface area (Å²) in [6.45, 7) is 1.41. The van der Waals surface area contributed by atoms with Crippen molar-refractivity contribution in [3.05, 3.63) is 0 Å². The Morgan fingerprint density at radius 3 is 2.21 bits per heavy atom. The maximum atomic E-state index is 12.1. The SMILES string of the molecule is NC(=O)C1CCN(C(=O)CCC2CCCCC2)CC1. The average molecular weight is 266 g/mol. The average Bonchev–Trinajstić information content (AvgIpc) is 2.46. The maximum Gasteiger partial charge on any atom is 0.222 e. The van der Waals surface area contributed by atoms with E-state index in [0.717, 1.165) is 25.2 Å². The van der Waals surface area contributed by atoms with Crippen LogP contribution in [-0.4, -0.2) is 29.8 Å². The molecule has 1 aliphatic carbocycles. The topological polar surface area (TPSA) is 63.4 Å². The number of carbonyl (C=O) groups excluding carboxylic acids is 2. The number of likely N-dealkylation sites (tertiary alicyclic amines) is 1. The highest BCUT2D eigenvalue weighted by atomic mass is 16.2. The van der Waals surface area contributed by atoms with E-state index in [-0.39, 0.29) is 17.7 Å². The van der Waals surface area contributed by atoms with E-state index in [1.807, 2.05) is 4.90 Å². The lowest BCUT2D eigenvalue weighted by molar-refractivity contribution is -0.135. The summed E-state index contributed by atoms with van der Waals surface area (Å²) in [5.74, 6) is 0.797. The van der Waals surface area contributed by atoms with E-state index in [1.54, 1.807) is 0 Å². The van der Waals surface area contributed by atoms with Crippen molar-refractivity contribution in [1.82, 2.24) is 4.90 Å². The molecule has 0 atom stereocenters. The van der Waals surface area contributed by atoms with Crippen LogP contribution in [0.25, 0.3) is 0 Å². The third kappa shape index (κ3) is 4.22. The van der Waals surface area contributed by atoms with E-state index in [1.165, 1.54) is 32.1 Å². The second-order valence-corrected chi connectivity index (χ2v) is 6.10. The van der Waals surface area contributed by atoms with Gasteiger partial charge in [-0.2, -0.15) is 0 Å². The molecule has 19 heavy (non-hydrogen) atoms. The first kappa shape index (κ1) is 14.4. The Labute approximate surface area is 115 Å². The molecule has 0 spiro atoms. The van der Waals surface area contributed by atoms with Crippen molar-refractivity contribution in [2.75, 3.05) is 13.1 Å². The van der Waals surface area contributed by atoms with Crippen LogP contribution in [0.1, 0.15) is 57.8 Å². The molecule has 1 heterocycles. The van der Waals surface area contributed by atoms with Crippen LogP contribution in [-0.2, 0) is 9.59 Å². The quantitative estimate of drug-likeness (QED) is 0.846. The molecule has 0 aromatic carbocycles. The van der Waals surface area contributed by atoms with E-state index in [0.29, 0.717) is 19.5 Å². The lowest BCUT2D eigenvalue weighted by Crippen LogP contribution is -2.41. The first-order chi connectivity index (χ1) is 9.16. The van der Waals surface area contributed by atoms with Crippen molar-refractivity contribution < 1.29 is 9.59 Å². The van der Waals surface area contributed by atoms with Gasteiger partial charge in [-0.05, 0) is 25.2 Å². The molecule has 1 saturated carbocycles. The van der Waals surface area contributed by atoms with Crippen LogP contribution in [0.5, 0.6) is 0 Å². The zero-order valence-electron chi connectivity index (χ0n) is 11.8. The van der Waals surface area contributed by atoms with Gasteiger partial charge in [0.25, 0.3) is 0 Å². The number of hydrogen-bond donors (Lipinski definition) is 1. The summed E-state index contributed by atoms with van der Waals surface area (Å²) < 4.78 is 0. The molecular formula is C15H26N2O2. The van der Waals surface area contributed by atoms with E-state index >= 15 is 0 Å². The van der Waals surface area contributed by atoms with Gasteiger partial charge in [-0.15, -0.1) is 0 Å². The van der Waals surface area contributed by atoms with Gasteiger partial charge < -0.3 is 10.6 Å². The van der Waals surface area contributed by atoms with Crippen molar-refractivity contribution >= 4 is 11.8 Å². The van der Waals surface area contributed by atoms with Gasteiger partial charge in [0.05, 0.1) is 0 Å². The molecule has 2 rings (SSSR count). The molecule has 2 amide bonds. The molecule has 4 nitrogen and oxygen atoms in total. The molecule has 0 aromatic rings. The molecule has 0 aromatic heterocycles. The monoisotopic (exact) mass is 266 g/mol. The third-order valence-electron chi connectivity index (χ3n) is 4.74. The highest BCUT2D eigenvalue weighted by Gasteiger charge is 2.26. The van der Waals surface area contributed by atoms with Crippen molar-refractivity contribution in [2.24, 2.45) is 17.6 Å². The minimum Gasteiger partial charge on any atom is -0.369 e. The first-order valence-electron chi connectivity index (χ1n) is 7.74. The Hall–Kier alpha value is -1.06. The van der Waals surface area contributed by atoms with Crippen LogP contribution in [0, 0.1) is 11.8 Å². The van der Waals surface area contributed by atoms with Crippen molar-refractivity contribution in [3.63, 3.8) is 0 Å². The first-order valence-corrected chi connectivity index (χ1v) is 7.74. The van der Waals surface area contributed by atoms with Crippen LogP contribution in [0.15, 0.2) is 0 Å². The highest BCUT2D eigenvalue weighted by Crippen LogP contribution is 2.28. The fourth-order valence-corrected chi connectivity index (χ4v) is 3.37. The number of hydrogen-bond acceptors (Lipinski definition) is 2. The number of nitrogens with two attached hydrogens (primary N) is 1. The van der Waals surface area contributed by atoms with E-state index in [4.69, 9.17) is 5.73 Å². The van der Waals surface area contributed by atoms with Gasteiger partial charge in [0.2, 0.25) is 11.8 Å². The highest BCUT2D eigenvalue weighted by molar-refractivity contribution is 5.78. The molecule has 2 N–H and O–H groups in total. The normalized spacial score (nSPS) is 22.4. The van der Waals surface area contributed by atoms with Crippen molar-refractivity contribution in [2.45, 2.75) is 57.8 Å². The lowest BCUT2D eigenvalue weighted by atomic mass is 9.86. The molecule has 0 radical (unpaired) electrons. The van der Waals surface area contributed by atoms with Gasteiger partial charge in [-0.1, -0.05) is 32.1 Å². The molecule has 1 aliphatic heterocycles. The minimum atomic E-state index is -0.214. The molecule has 4 heteroatoms. The fourth-order valence-electron chi connectivity index (χ4n) is 3.37. The third-order valence-corrected chi connectivity index (χ3v) is 4.74. The van der Waals surface area contributed by atoms with Crippen molar-refractivity contribution in [1.29, 1.82) is 0 Å².